The molecule has 1 aromatic heterocycles. The predicted octanol–water partition coefficient (Wildman–Crippen LogP) is 3.17. The molecule has 1 N–H and O–H groups in total. The smallest absolute Gasteiger partial charge is 0.139 e. The highest BCUT2D eigenvalue weighted by atomic mass is 79.9. The molecule has 1 rings (SSSR count). The molecule has 0 aliphatic heterocycles. The summed E-state index contributed by atoms with van der Waals surface area (Å²) in [7, 11) is 0. The fourth-order valence-corrected chi connectivity index (χ4v) is 2.35. The van der Waals surface area contributed by atoms with Crippen LogP contribution in [0.3, 0.4) is 0 Å². The van der Waals surface area contributed by atoms with Crippen molar-refractivity contribution in [3.63, 3.8) is 0 Å². The van der Waals surface area contributed by atoms with Crippen LogP contribution in [-0.4, -0.2) is 11.5 Å². The lowest BCUT2D eigenvalue weighted by molar-refractivity contribution is 0.607. The fourth-order valence-electron chi connectivity index (χ4n) is 1.13. The summed E-state index contributed by atoms with van der Waals surface area (Å²) in [6.45, 7) is 2.87. The SMILES string of the molecule is CCCNC(C#N)c1ncc(Br)cc1Br. The average molecular weight is 333 g/mol. The van der Waals surface area contributed by atoms with Gasteiger partial charge in [0.1, 0.15) is 6.04 Å². The largest absolute Gasteiger partial charge is 0.297 e. The summed E-state index contributed by atoms with van der Waals surface area (Å²) < 4.78 is 1.73. The van der Waals surface area contributed by atoms with Crippen molar-refractivity contribution in [3.05, 3.63) is 26.9 Å². The fraction of sp³-hybridized carbons (Fsp3) is 0.400. The quantitative estimate of drug-likeness (QED) is 0.921. The Morgan fingerprint density at radius 3 is 2.87 bits per heavy atom. The highest BCUT2D eigenvalue weighted by molar-refractivity contribution is 9.11. The molecule has 0 radical (unpaired) electrons. The number of nitriles is 1. The van der Waals surface area contributed by atoms with E-state index in [1.54, 1.807) is 6.20 Å². The van der Waals surface area contributed by atoms with Gasteiger partial charge in [-0.15, -0.1) is 0 Å². The molecular weight excluding hydrogens is 322 g/mol. The third-order valence-corrected chi connectivity index (χ3v) is 2.91. The van der Waals surface area contributed by atoms with Gasteiger partial charge in [0.05, 0.1) is 11.8 Å². The van der Waals surface area contributed by atoms with Crippen molar-refractivity contribution in [2.24, 2.45) is 0 Å². The third-order valence-electron chi connectivity index (χ3n) is 1.84. The van der Waals surface area contributed by atoms with Crippen molar-refractivity contribution in [3.8, 4) is 6.07 Å². The molecule has 5 heteroatoms. The minimum absolute atomic E-state index is 0.354. The van der Waals surface area contributed by atoms with E-state index in [1.165, 1.54) is 0 Å². The van der Waals surface area contributed by atoms with Gasteiger partial charge in [-0.3, -0.25) is 10.3 Å². The Bertz CT molecular complexity index is 373. The number of aromatic nitrogens is 1. The topological polar surface area (TPSA) is 48.7 Å². The molecule has 0 saturated heterocycles. The molecule has 0 spiro atoms. The lowest BCUT2D eigenvalue weighted by Gasteiger charge is -2.11. The van der Waals surface area contributed by atoms with Crippen LogP contribution in [0.25, 0.3) is 0 Å². The maximum absolute atomic E-state index is 9.01. The van der Waals surface area contributed by atoms with E-state index in [2.05, 4.69) is 55.2 Å². The molecule has 0 aliphatic rings. The first kappa shape index (κ1) is 12.6. The second-order valence-electron chi connectivity index (χ2n) is 3.04. The van der Waals surface area contributed by atoms with Gasteiger partial charge in [-0.1, -0.05) is 6.92 Å². The van der Waals surface area contributed by atoms with Crippen LogP contribution in [0.15, 0.2) is 21.2 Å². The minimum atomic E-state index is -0.354. The van der Waals surface area contributed by atoms with Crippen molar-refractivity contribution >= 4 is 31.9 Å². The monoisotopic (exact) mass is 331 g/mol. The van der Waals surface area contributed by atoms with Crippen LogP contribution in [0, 0.1) is 11.3 Å². The summed E-state index contributed by atoms with van der Waals surface area (Å²) in [4.78, 5) is 4.22. The minimum Gasteiger partial charge on any atom is -0.297 e. The first-order chi connectivity index (χ1) is 7.19. The Hall–Kier alpha value is -0.440. The molecule has 3 nitrogen and oxygen atoms in total. The van der Waals surface area contributed by atoms with Gasteiger partial charge in [0.15, 0.2) is 0 Å². The van der Waals surface area contributed by atoms with Crippen LogP contribution < -0.4 is 5.32 Å². The number of halogens is 2. The van der Waals surface area contributed by atoms with E-state index < -0.39 is 0 Å². The van der Waals surface area contributed by atoms with Crippen molar-refractivity contribution in [1.29, 1.82) is 5.26 Å². The second-order valence-corrected chi connectivity index (χ2v) is 4.81. The molecule has 80 valence electrons. The number of hydrogen-bond acceptors (Lipinski definition) is 3. The van der Waals surface area contributed by atoms with Crippen LogP contribution in [-0.2, 0) is 0 Å². The number of rotatable bonds is 4. The van der Waals surface area contributed by atoms with Gasteiger partial charge in [0.2, 0.25) is 0 Å². The van der Waals surface area contributed by atoms with Gasteiger partial charge in [0.25, 0.3) is 0 Å². The first-order valence-corrected chi connectivity index (χ1v) is 6.21. The summed E-state index contributed by atoms with van der Waals surface area (Å²) in [6, 6.07) is 3.73. The molecule has 0 aliphatic carbocycles. The van der Waals surface area contributed by atoms with Crippen molar-refractivity contribution < 1.29 is 0 Å². The number of hydrogen-bond donors (Lipinski definition) is 1. The Balaban J connectivity index is 2.88. The van der Waals surface area contributed by atoms with Gasteiger partial charge in [0, 0.05) is 15.1 Å². The van der Waals surface area contributed by atoms with E-state index in [0.29, 0.717) is 0 Å². The van der Waals surface area contributed by atoms with Crippen LogP contribution in [0.2, 0.25) is 0 Å². The van der Waals surface area contributed by atoms with Gasteiger partial charge >= 0.3 is 0 Å². The highest BCUT2D eigenvalue weighted by Gasteiger charge is 2.14. The molecule has 0 amide bonds. The summed E-state index contributed by atoms with van der Waals surface area (Å²) in [5.41, 5.74) is 0.731. The Kier molecular flexibility index (Phi) is 5.23. The summed E-state index contributed by atoms with van der Waals surface area (Å²) in [5, 5.41) is 12.1. The van der Waals surface area contributed by atoms with Gasteiger partial charge in [-0.2, -0.15) is 5.26 Å². The zero-order valence-corrected chi connectivity index (χ0v) is 11.5. The Morgan fingerprint density at radius 1 is 1.60 bits per heavy atom. The van der Waals surface area contributed by atoms with E-state index in [1.807, 2.05) is 6.07 Å². The van der Waals surface area contributed by atoms with Crippen LogP contribution >= 0.6 is 31.9 Å². The molecule has 1 unspecified atom stereocenters. The molecule has 0 aromatic carbocycles. The molecule has 15 heavy (non-hydrogen) atoms. The van der Waals surface area contributed by atoms with E-state index in [4.69, 9.17) is 5.26 Å². The van der Waals surface area contributed by atoms with E-state index in [-0.39, 0.29) is 6.04 Å². The number of nitrogens with zero attached hydrogens (tertiary/aromatic N) is 2. The summed E-state index contributed by atoms with van der Waals surface area (Å²) in [6.07, 6.45) is 2.68. The molecule has 1 heterocycles. The van der Waals surface area contributed by atoms with Crippen LogP contribution in [0.4, 0.5) is 0 Å². The van der Waals surface area contributed by atoms with Gasteiger partial charge in [-0.25, -0.2) is 0 Å². The van der Waals surface area contributed by atoms with Crippen LogP contribution in [0.5, 0.6) is 0 Å². The molecule has 0 saturated carbocycles. The Labute approximate surface area is 106 Å². The Morgan fingerprint density at radius 2 is 2.33 bits per heavy atom. The summed E-state index contributed by atoms with van der Waals surface area (Å²) in [5.74, 6) is 0. The predicted molar refractivity (Wildman–Crippen MR) is 66.3 cm³/mol. The standard InChI is InChI=1S/C10H11Br2N3/c1-2-3-14-9(5-13)10-8(12)4-7(11)6-15-10/h4,6,9,14H,2-3H2,1H3. The highest BCUT2D eigenvalue weighted by Crippen LogP contribution is 2.24. The maximum Gasteiger partial charge on any atom is 0.139 e. The lowest BCUT2D eigenvalue weighted by Crippen LogP contribution is -2.21. The lowest BCUT2D eigenvalue weighted by atomic mass is 10.2. The number of pyridine rings is 1. The second kappa shape index (κ2) is 6.21. The van der Waals surface area contributed by atoms with Gasteiger partial charge < -0.3 is 0 Å². The molecule has 1 atom stereocenters. The summed E-state index contributed by atoms with van der Waals surface area (Å²) >= 11 is 6.72. The van der Waals surface area contributed by atoms with Crippen molar-refractivity contribution in [2.75, 3.05) is 6.54 Å². The molecular formula is C10H11Br2N3. The number of nitrogens with one attached hydrogen (secondary N) is 1. The molecule has 0 bridgehead atoms. The first-order valence-electron chi connectivity index (χ1n) is 4.63. The molecule has 1 aromatic rings. The van der Waals surface area contributed by atoms with Crippen molar-refractivity contribution in [1.82, 2.24) is 10.3 Å². The zero-order valence-electron chi connectivity index (χ0n) is 8.30. The van der Waals surface area contributed by atoms with E-state index in [9.17, 15) is 0 Å². The zero-order chi connectivity index (χ0) is 11.3. The maximum atomic E-state index is 9.01. The third kappa shape index (κ3) is 3.56. The molecule has 0 fully saturated rings. The van der Waals surface area contributed by atoms with E-state index >= 15 is 0 Å². The van der Waals surface area contributed by atoms with Gasteiger partial charge in [-0.05, 0) is 50.9 Å². The van der Waals surface area contributed by atoms with Crippen LogP contribution in [0.1, 0.15) is 25.1 Å². The normalized spacial score (nSPS) is 12.1. The van der Waals surface area contributed by atoms with Crippen molar-refractivity contribution in [2.45, 2.75) is 19.4 Å². The van der Waals surface area contributed by atoms with E-state index in [0.717, 1.165) is 27.6 Å². The average Bonchev–Trinajstić information content (AvgIpc) is 2.21.